The molecule has 7 heteroatoms. The van der Waals surface area contributed by atoms with Crippen molar-refractivity contribution >= 4 is 27.8 Å². The molecule has 5 nitrogen and oxygen atoms in total. The van der Waals surface area contributed by atoms with Gasteiger partial charge in [-0.1, -0.05) is 61.4 Å². The van der Waals surface area contributed by atoms with Crippen LogP contribution in [0.15, 0.2) is 53.4 Å². The van der Waals surface area contributed by atoms with Gasteiger partial charge in [-0.3, -0.25) is 4.79 Å². The van der Waals surface area contributed by atoms with Gasteiger partial charge in [-0.25, -0.2) is 8.42 Å². The van der Waals surface area contributed by atoms with Crippen LogP contribution in [0.5, 0.6) is 0 Å². The van der Waals surface area contributed by atoms with Crippen molar-refractivity contribution in [3.63, 3.8) is 0 Å². The molecule has 0 unspecified atom stereocenters. The van der Waals surface area contributed by atoms with Gasteiger partial charge in [0.05, 0.1) is 16.9 Å². The Balaban J connectivity index is 2.20. The Morgan fingerprint density at radius 2 is 1.55 bits per heavy atom. The topological polar surface area (TPSA) is 74.7 Å². The van der Waals surface area contributed by atoms with Crippen LogP contribution in [-0.4, -0.2) is 40.8 Å². The third kappa shape index (κ3) is 4.69. The summed E-state index contributed by atoms with van der Waals surface area (Å²) in [5.74, 6) is -0.965. The first kappa shape index (κ1) is 23.8. The standard InChI is InChI=1S/C24H31NO4S2/c1-5-15-30-23-20(6-2)25(31(28,29)19-13-9-17(4)10-14-19)22(21(23)24(26)27)18-11-7-16(3)8-12-18/h7-14,20-23H,5-6,15H2,1-4H3,(H,26,27)/t20-,21+,22+,23-/m1/s1. The summed E-state index contributed by atoms with van der Waals surface area (Å²) in [5, 5.41) is 9.93. The molecule has 0 radical (unpaired) electrons. The van der Waals surface area contributed by atoms with Crippen LogP contribution in [0.3, 0.4) is 0 Å². The van der Waals surface area contributed by atoms with Gasteiger partial charge in [-0.2, -0.15) is 16.1 Å². The van der Waals surface area contributed by atoms with Crippen LogP contribution in [-0.2, 0) is 14.8 Å². The molecule has 0 aliphatic carbocycles. The van der Waals surface area contributed by atoms with Crippen molar-refractivity contribution in [2.75, 3.05) is 5.75 Å². The summed E-state index contributed by atoms with van der Waals surface area (Å²) >= 11 is 1.59. The lowest BCUT2D eigenvalue weighted by atomic mass is 9.92. The van der Waals surface area contributed by atoms with Gasteiger partial charge in [-0.05, 0) is 50.1 Å². The van der Waals surface area contributed by atoms with E-state index in [-0.39, 0.29) is 10.1 Å². The van der Waals surface area contributed by atoms with Crippen molar-refractivity contribution in [2.24, 2.45) is 5.92 Å². The van der Waals surface area contributed by atoms with Gasteiger partial charge in [0.25, 0.3) is 0 Å². The fraction of sp³-hybridized carbons (Fsp3) is 0.458. The molecule has 4 atom stereocenters. The third-order valence-corrected chi connectivity index (χ3v) is 9.46. The number of thioether (sulfide) groups is 1. The quantitative estimate of drug-likeness (QED) is 0.596. The number of aliphatic carboxylic acids is 1. The average molecular weight is 462 g/mol. The summed E-state index contributed by atoms with van der Waals surface area (Å²) in [6, 6.07) is 13.2. The summed E-state index contributed by atoms with van der Waals surface area (Å²) in [7, 11) is -3.89. The molecule has 2 aromatic rings. The largest absolute Gasteiger partial charge is 0.481 e. The highest BCUT2D eigenvalue weighted by molar-refractivity contribution is 8.00. The number of rotatable bonds is 8. The Morgan fingerprint density at radius 1 is 1.00 bits per heavy atom. The van der Waals surface area contributed by atoms with E-state index in [1.54, 1.807) is 36.0 Å². The Kier molecular flexibility index (Phi) is 7.50. The molecule has 3 rings (SSSR count). The second-order valence-electron chi connectivity index (χ2n) is 8.18. The van der Waals surface area contributed by atoms with Gasteiger partial charge in [-0.15, -0.1) is 0 Å². The Bertz CT molecular complexity index is 1000. The fourth-order valence-electron chi connectivity index (χ4n) is 4.36. The lowest BCUT2D eigenvalue weighted by Gasteiger charge is -2.30. The van der Waals surface area contributed by atoms with Crippen molar-refractivity contribution in [2.45, 2.75) is 62.8 Å². The molecule has 1 saturated heterocycles. The molecule has 1 N–H and O–H groups in total. The molecule has 1 aliphatic rings. The van der Waals surface area contributed by atoms with Crippen molar-refractivity contribution in [3.05, 3.63) is 65.2 Å². The molecule has 1 fully saturated rings. The molecule has 168 valence electrons. The summed E-state index contributed by atoms with van der Waals surface area (Å²) in [5.41, 5.74) is 2.75. The van der Waals surface area contributed by atoms with Crippen LogP contribution in [0, 0.1) is 19.8 Å². The Morgan fingerprint density at radius 3 is 2.03 bits per heavy atom. The van der Waals surface area contributed by atoms with Gasteiger partial charge in [0.2, 0.25) is 10.0 Å². The molecule has 2 aromatic carbocycles. The molecule has 0 aromatic heterocycles. The smallest absolute Gasteiger partial charge is 0.309 e. The van der Waals surface area contributed by atoms with Crippen LogP contribution in [0.2, 0.25) is 0 Å². The zero-order valence-corrected chi connectivity index (χ0v) is 20.1. The summed E-state index contributed by atoms with van der Waals surface area (Å²) in [6.07, 6.45) is 1.46. The maximum atomic E-state index is 13.9. The second kappa shape index (κ2) is 9.76. The zero-order chi connectivity index (χ0) is 22.8. The highest BCUT2D eigenvalue weighted by Crippen LogP contribution is 2.50. The van der Waals surface area contributed by atoms with Gasteiger partial charge in [0, 0.05) is 11.3 Å². The van der Waals surface area contributed by atoms with Crippen LogP contribution in [0.1, 0.15) is 49.4 Å². The number of sulfonamides is 1. The van der Waals surface area contributed by atoms with Gasteiger partial charge in [0.1, 0.15) is 0 Å². The van der Waals surface area contributed by atoms with E-state index in [2.05, 4.69) is 6.92 Å². The minimum absolute atomic E-state index is 0.207. The number of hydrogen-bond acceptors (Lipinski definition) is 4. The van der Waals surface area contributed by atoms with E-state index in [1.165, 1.54) is 4.31 Å². The van der Waals surface area contributed by atoms with E-state index in [0.29, 0.717) is 6.42 Å². The molecule has 0 bridgehead atoms. The van der Waals surface area contributed by atoms with Crippen molar-refractivity contribution in [1.82, 2.24) is 4.31 Å². The fourth-order valence-corrected chi connectivity index (χ4v) is 7.88. The normalized spacial score (nSPS) is 24.4. The van der Waals surface area contributed by atoms with E-state index >= 15 is 0 Å². The molecule has 0 saturated carbocycles. The first-order valence-electron chi connectivity index (χ1n) is 10.7. The van der Waals surface area contributed by atoms with Crippen LogP contribution in [0.25, 0.3) is 0 Å². The monoisotopic (exact) mass is 461 g/mol. The maximum absolute atomic E-state index is 13.9. The van der Waals surface area contributed by atoms with Crippen molar-refractivity contribution in [1.29, 1.82) is 0 Å². The number of hydrogen-bond donors (Lipinski definition) is 1. The zero-order valence-electron chi connectivity index (χ0n) is 18.5. The van der Waals surface area contributed by atoms with Crippen LogP contribution < -0.4 is 0 Å². The van der Waals surface area contributed by atoms with Crippen LogP contribution >= 0.6 is 11.8 Å². The SMILES string of the molecule is CCCS[C@H]1[C@@H](C(=O)O)[C@H](c2ccc(C)cc2)N(S(=O)(=O)c2ccc(C)cc2)[C@@H]1CC. The van der Waals surface area contributed by atoms with Gasteiger partial charge >= 0.3 is 5.97 Å². The molecule has 0 spiro atoms. The molecule has 0 amide bonds. The molecule has 1 aliphatic heterocycles. The predicted octanol–water partition coefficient (Wildman–Crippen LogP) is 5.04. The number of carbonyl (C=O) groups is 1. The lowest BCUT2D eigenvalue weighted by Crippen LogP contribution is -2.39. The molecular formula is C24H31NO4S2. The number of benzene rings is 2. The lowest BCUT2D eigenvalue weighted by molar-refractivity contribution is -0.142. The number of carboxylic acids is 1. The van der Waals surface area contributed by atoms with E-state index in [1.807, 2.05) is 45.0 Å². The van der Waals surface area contributed by atoms with Gasteiger partial charge < -0.3 is 5.11 Å². The maximum Gasteiger partial charge on any atom is 0.309 e. The van der Waals surface area contributed by atoms with Crippen molar-refractivity contribution in [3.8, 4) is 0 Å². The summed E-state index contributed by atoms with van der Waals surface area (Å²) < 4.78 is 29.2. The van der Waals surface area contributed by atoms with Crippen molar-refractivity contribution < 1.29 is 18.3 Å². The summed E-state index contributed by atoms with van der Waals surface area (Å²) in [4.78, 5) is 12.7. The first-order valence-corrected chi connectivity index (χ1v) is 13.2. The number of nitrogens with zero attached hydrogens (tertiary/aromatic N) is 1. The third-order valence-electron chi connectivity index (χ3n) is 5.91. The molecular weight excluding hydrogens is 430 g/mol. The summed E-state index contributed by atoms with van der Waals surface area (Å²) in [6.45, 7) is 7.87. The predicted molar refractivity (Wildman–Crippen MR) is 126 cm³/mol. The first-order chi connectivity index (χ1) is 14.7. The van der Waals surface area contributed by atoms with E-state index in [0.717, 1.165) is 28.9 Å². The van der Waals surface area contributed by atoms with E-state index < -0.39 is 34.0 Å². The molecule has 1 heterocycles. The minimum atomic E-state index is -3.89. The molecule has 31 heavy (non-hydrogen) atoms. The number of carboxylic acid groups (broad SMARTS) is 1. The number of aryl methyl sites for hydroxylation is 2. The van der Waals surface area contributed by atoms with E-state index in [9.17, 15) is 18.3 Å². The minimum Gasteiger partial charge on any atom is -0.481 e. The average Bonchev–Trinajstić information content (AvgIpc) is 3.08. The Hall–Kier alpha value is -1.83. The Labute approximate surface area is 189 Å². The highest BCUT2D eigenvalue weighted by Gasteiger charge is 2.56. The van der Waals surface area contributed by atoms with Gasteiger partial charge in [0.15, 0.2) is 0 Å². The van der Waals surface area contributed by atoms with E-state index in [4.69, 9.17) is 0 Å². The van der Waals surface area contributed by atoms with Crippen LogP contribution in [0.4, 0.5) is 0 Å². The second-order valence-corrected chi connectivity index (χ2v) is 11.3. The highest BCUT2D eigenvalue weighted by atomic mass is 32.2.